The number of thioether (sulfide) groups is 1. The molecule has 0 bridgehead atoms. The van der Waals surface area contributed by atoms with Crippen LogP contribution in [0.25, 0.3) is 0 Å². The van der Waals surface area contributed by atoms with Crippen LogP contribution >= 0.6 is 11.8 Å². The molecule has 6 heteroatoms. The number of hydrogen-bond acceptors (Lipinski definition) is 4. The molecule has 0 saturated carbocycles. The Hall–Kier alpha value is -2.47. The molecule has 0 fully saturated rings. The van der Waals surface area contributed by atoms with E-state index in [1.54, 1.807) is 6.07 Å². The molecule has 0 amide bonds. The molecule has 2 aromatic carbocycles. The van der Waals surface area contributed by atoms with Crippen molar-refractivity contribution in [3.05, 3.63) is 77.0 Å². The van der Waals surface area contributed by atoms with Gasteiger partial charge >= 0.3 is 0 Å². The van der Waals surface area contributed by atoms with Gasteiger partial charge in [-0.1, -0.05) is 23.9 Å². The minimum absolute atomic E-state index is 0.233. The van der Waals surface area contributed by atoms with Crippen molar-refractivity contribution in [2.75, 3.05) is 0 Å². The summed E-state index contributed by atoms with van der Waals surface area (Å²) in [4.78, 5) is 8.65. The first-order valence-electron chi connectivity index (χ1n) is 7.66. The zero-order chi connectivity index (χ0) is 17.8. The van der Waals surface area contributed by atoms with Crippen LogP contribution in [0.4, 0.5) is 8.78 Å². The lowest BCUT2D eigenvalue weighted by molar-refractivity contribution is 0.454. The highest BCUT2D eigenvalue weighted by atomic mass is 32.2. The number of rotatable bonds is 5. The minimum atomic E-state index is -0.467. The number of nitrogens with zero attached hydrogens (tertiary/aromatic N) is 2. The molecule has 0 saturated heterocycles. The average molecular weight is 358 g/mol. The number of halogens is 2. The highest BCUT2D eigenvalue weighted by molar-refractivity contribution is 7.98. The SMILES string of the molecule is Cc1cccc(Oc2cc(C)nc(SCc3cc(F)ccc3F)n2)c1. The largest absolute Gasteiger partial charge is 0.439 e. The molecule has 128 valence electrons. The molecule has 0 aliphatic heterocycles. The fraction of sp³-hybridized carbons (Fsp3) is 0.158. The second kappa shape index (κ2) is 7.61. The summed E-state index contributed by atoms with van der Waals surface area (Å²) >= 11 is 1.23. The monoisotopic (exact) mass is 358 g/mol. The fourth-order valence-corrected chi connectivity index (χ4v) is 3.09. The van der Waals surface area contributed by atoms with Crippen LogP contribution in [0.5, 0.6) is 11.6 Å². The van der Waals surface area contributed by atoms with E-state index in [1.807, 2.05) is 38.1 Å². The molecule has 1 heterocycles. The molecule has 0 aliphatic rings. The molecule has 0 N–H and O–H groups in total. The Morgan fingerprint density at radius 2 is 1.84 bits per heavy atom. The number of aromatic nitrogens is 2. The Kier molecular flexibility index (Phi) is 5.28. The third-order valence-electron chi connectivity index (χ3n) is 3.39. The molecule has 1 aromatic heterocycles. The van der Waals surface area contributed by atoms with Gasteiger partial charge in [0.2, 0.25) is 5.88 Å². The highest BCUT2D eigenvalue weighted by Crippen LogP contribution is 2.26. The summed E-state index contributed by atoms with van der Waals surface area (Å²) in [6, 6.07) is 12.8. The van der Waals surface area contributed by atoms with E-state index in [0.29, 0.717) is 16.8 Å². The zero-order valence-electron chi connectivity index (χ0n) is 13.8. The van der Waals surface area contributed by atoms with E-state index in [9.17, 15) is 8.78 Å². The van der Waals surface area contributed by atoms with Crippen LogP contribution in [0.2, 0.25) is 0 Å². The van der Waals surface area contributed by atoms with Crippen molar-refractivity contribution in [2.45, 2.75) is 24.8 Å². The number of aryl methyl sites for hydroxylation is 2. The van der Waals surface area contributed by atoms with Gasteiger partial charge in [-0.3, -0.25) is 0 Å². The third kappa shape index (κ3) is 4.76. The second-order valence-electron chi connectivity index (χ2n) is 5.57. The van der Waals surface area contributed by atoms with Crippen molar-refractivity contribution in [3.8, 4) is 11.6 Å². The van der Waals surface area contributed by atoms with Gasteiger partial charge in [-0.2, -0.15) is 4.98 Å². The normalized spacial score (nSPS) is 10.7. The van der Waals surface area contributed by atoms with Crippen LogP contribution in [-0.2, 0) is 5.75 Å². The number of hydrogen-bond donors (Lipinski definition) is 0. The predicted molar refractivity (Wildman–Crippen MR) is 93.9 cm³/mol. The molecule has 0 radical (unpaired) electrons. The Morgan fingerprint density at radius 3 is 2.64 bits per heavy atom. The summed E-state index contributed by atoms with van der Waals surface area (Å²) in [5.74, 6) is 0.422. The van der Waals surface area contributed by atoms with Crippen LogP contribution in [0.3, 0.4) is 0 Å². The van der Waals surface area contributed by atoms with Crippen molar-refractivity contribution >= 4 is 11.8 Å². The van der Waals surface area contributed by atoms with Gasteiger partial charge in [-0.25, -0.2) is 13.8 Å². The van der Waals surface area contributed by atoms with Gasteiger partial charge in [0.25, 0.3) is 0 Å². The van der Waals surface area contributed by atoms with Crippen LogP contribution in [-0.4, -0.2) is 9.97 Å². The summed E-state index contributed by atoms with van der Waals surface area (Å²) in [5.41, 5.74) is 2.09. The number of ether oxygens (including phenoxy) is 1. The lowest BCUT2D eigenvalue weighted by atomic mass is 10.2. The molecule has 3 rings (SSSR count). The molecule has 3 aromatic rings. The first-order valence-corrected chi connectivity index (χ1v) is 8.65. The summed E-state index contributed by atoms with van der Waals surface area (Å²) in [6.07, 6.45) is 0. The molecular weight excluding hydrogens is 342 g/mol. The van der Waals surface area contributed by atoms with Crippen molar-refractivity contribution in [3.63, 3.8) is 0 Å². The highest BCUT2D eigenvalue weighted by Gasteiger charge is 2.09. The first-order chi connectivity index (χ1) is 12.0. The topological polar surface area (TPSA) is 35.0 Å². The smallest absolute Gasteiger partial charge is 0.223 e. The predicted octanol–water partition coefficient (Wildman–Crippen LogP) is 5.46. The van der Waals surface area contributed by atoms with Crippen LogP contribution in [0.1, 0.15) is 16.8 Å². The summed E-state index contributed by atoms with van der Waals surface area (Å²) in [7, 11) is 0. The molecule has 25 heavy (non-hydrogen) atoms. The first kappa shape index (κ1) is 17.4. The molecule has 0 unspecified atom stereocenters. The van der Waals surface area contributed by atoms with E-state index in [0.717, 1.165) is 23.4 Å². The lowest BCUT2D eigenvalue weighted by Gasteiger charge is -2.08. The van der Waals surface area contributed by atoms with Gasteiger partial charge in [0, 0.05) is 23.1 Å². The fourth-order valence-electron chi connectivity index (χ4n) is 2.23. The summed E-state index contributed by atoms with van der Waals surface area (Å²) in [5, 5.41) is 0.450. The third-order valence-corrected chi connectivity index (χ3v) is 4.28. The average Bonchev–Trinajstić information content (AvgIpc) is 2.55. The minimum Gasteiger partial charge on any atom is -0.439 e. The maximum Gasteiger partial charge on any atom is 0.223 e. The Labute approximate surface area is 149 Å². The summed E-state index contributed by atoms with van der Waals surface area (Å²) in [6.45, 7) is 3.81. The van der Waals surface area contributed by atoms with Gasteiger partial charge in [0.15, 0.2) is 5.16 Å². The molecule has 3 nitrogen and oxygen atoms in total. The van der Waals surface area contributed by atoms with E-state index in [2.05, 4.69) is 9.97 Å². The van der Waals surface area contributed by atoms with Gasteiger partial charge in [0.05, 0.1) is 0 Å². The summed E-state index contributed by atoms with van der Waals surface area (Å²) < 4.78 is 32.7. The standard InChI is InChI=1S/C19H16F2N2OS/c1-12-4-3-5-16(8-12)24-18-9-13(2)22-19(23-18)25-11-14-10-15(20)6-7-17(14)21/h3-10H,11H2,1-2H3. The maximum atomic E-state index is 13.7. The Balaban J connectivity index is 1.76. The maximum absolute atomic E-state index is 13.7. The molecular formula is C19H16F2N2OS. The van der Waals surface area contributed by atoms with Gasteiger partial charge in [0.1, 0.15) is 17.4 Å². The van der Waals surface area contributed by atoms with Crippen molar-refractivity contribution in [1.82, 2.24) is 9.97 Å². The van der Waals surface area contributed by atoms with Crippen LogP contribution < -0.4 is 4.74 Å². The second-order valence-corrected chi connectivity index (χ2v) is 6.52. The molecule has 0 aliphatic carbocycles. The van der Waals surface area contributed by atoms with Gasteiger partial charge < -0.3 is 4.74 Å². The van der Waals surface area contributed by atoms with E-state index in [-0.39, 0.29) is 11.3 Å². The van der Waals surface area contributed by atoms with Crippen molar-refractivity contribution < 1.29 is 13.5 Å². The van der Waals surface area contributed by atoms with E-state index < -0.39 is 11.6 Å². The quantitative estimate of drug-likeness (QED) is 0.448. The van der Waals surface area contributed by atoms with Gasteiger partial charge in [-0.15, -0.1) is 0 Å². The van der Waals surface area contributed by atoms with Crippen LogP contribution in [0.15, 0.2) is 53.7 Å². The van der Waals surface area contributed by atoms with E-state index in [4.69, 9.17) is 4.74 Å². The van der Waals surface area contributed by atoms with Crippen molar-refractivity contribution in [1.29, 1.82) is 0 Å². The van der Waals surface area contributed by atoms with Gasteiger partial charge in [-0.05, 0) is 49.7 Å². The molecule has 0 atom stereocenters. The van der Waals surface area contributed by atoms with Crippen molar-refractivity contribution in [2.24, 2.45) is 0 Å². The Bertz CT molecular complexity index is 902. The lowest BCUT2D eigenvalue weighted by Crippen LogP contribution is -1.96. The van der Waals surface area contributed by atoms with Crippen LogP contribution in [0, 0.1) is 25.5 Å². The number of benzene rings is 2. The molecule has 0 spiro atoms. The zero-order valence-corrected chi connectivity index (χ0v) is 14.6. The van der Waals surface area contributed by atoms with E-state index in [1.165, 1.54) is 17.8 Å². The van der Waals surface area contributed by atoms with E-state index >= 15 is 0 Å². The Morgan fingerprint density at radius 1 is 1.00 bits per heavy atom.